The number of hydrogen-bond donors (Lipinski definition) is 1. The molecule has 0 bridgehead atoms. The number of ether oxygens (including phenoxy) is 1. The van der Waals surface area contributed by atoms with Crippen LogP contribution in [0.3, 0.4) is 0 Å². The normalized spacial score (nSPS) is 14.8. The molecule has 124 valence electrons. The maximum Gasteiger partial charge on any atom is 0.123 e. The van der Waals surface area contributed by atoms with Gasteiger partial charge >= 0.3 is 0 Å². The lowest BCUT2D eigenvalue weighted by atomic mass is 10.0. The van der Waals surface area contributed by atoms with Gasteiger partial charge in [0.2, 0.25) is 0 Å². The van der Waals surface area contributed by atoms with Gasteiger partial charge in [-0.1, -0.05) is 0 Å². The van der Waals surface area contributed by atoms with Crippen molar-refractivity contribution in [1.29, 1.82) is 0 Å². The third-order valence-electron chi connectivity index (χ3n) is 4.51. The summed E-state index contributed by atoms with van der Waals surface area (Å²) in [5.74, 6) is 0.218. The van der Waals surface area contributed by atoms with E-state index in [1.807, 2.05) is 0 Å². The molecular formula is C19H18F2N2O. The van der Waals surface area contributed by atoms with Gasteiger partial charge in [-0.15, -0.1) is 0 Å². The van der Waals surface area contributed by atoms with Crippen molar-refractivity contribution in [2.24, 2.45) is 0 Å². The Balaban J connectivity index is 1.39. The van der Waals surface area contributed by atoms with Crippen LogP contribution in [0.2, 0.25) is 0 Å². The lowest BCUT2D eigenvalue weighted by Crippen LogP contribution is -2.33. The van der Waals surface area contributed by atoms with Gasteiger partial charge in [0, 0.05) is 36.2 Å². The summed E-state index contributed by atoms with van der Waals surface area (Å²) in [6, 6.07) is 10.9. The Morgan fingerprint density at radius 2 is 1.83 bits per heavy atom. The molecule has 1 N–H and O–H groups in total. The van der Waals surface area contributed by atoms with Crippen molar-refractivity contribution in [2.45, 2.75) is 13.0 Å². The van der Waals surface area contributed by atoms with E-state index in [2.05, 4.69) is 9.88 Å². The van der Waals surface area contributed by atoms with E-state index in [0.29, 0.717) is 12.4 Å². The second-order valence-electron chi connectivity index (χ2n) is 6.10. The van der Waals surface area contributed by atoms with E-state index in [4.69, 9.17) is 4.74 Å². The lowest BCUT2D eigenvalue weighted by molar-refractivity contribution is 0.195. The van der Waals surface area contributed by atoms with Crippen LogP contribution in [-0.4, -0.2) is 29.6 Å². The van der Waals surface area contributed by atoms with Crippen LogP contribution in [0.5, 0.6) is 5.75 Å². The predicted octanol–water partition coefficient (Wildman–Crippen LogP) is 3.88. The minimum atomic E-state index is -0.263. The third-order valence-corrected chi connectivity index (χ3v) is 4.51. The average Bonchev–Trinajstić information content (AvgIpc) is 2.94. The Morgan fingerprint density at radius 1 is 1.04 bits per heavy atom. The molecule has 0 saturated heterocycles. The molecule has 0 atom stereocenters. The molecule has 0 radical (unpaired) electrons. The summed E-state index contributed by atoms with van der Waals surface area (Å²) in [6.45, 7) is 3.07. The van der Waals surface area contributed by atoms with Gasteiger partial charge in [-0.2, -0.15) is 0 Å². The van der Waals surface area contributed by atoms with E-state index in [1.165, 1.54) is 23.8 Å². The number of hydrogen-bond acceptors (Lipinski definition) is 2. The van der Waals surface area contributed by atoms with E-state index < -0.39 is 0 Å². The van der Waals surface area contributed by atoms with Crippen LogP contribution in [-0.2, 0) is 13.0 Å². The SMILES string of the molecule is Fc1ccc(OCCN2CCc3c([nH]c4ccc(F)cc34)C2)cc1. The molecule has 3 nitrogen and oxygen atoms in total. The quantitative estimate of drug-likeness (QED) is 0.787. The topological polar surface area (TPSA) is 28.3 Å². The standard InChI is InChI=1S/C19H18F2N2O/c20-13-1-4-15(5-2-13)24-10-9-23-8-7-16-17-11-14(21)3-6-18(17)22-19(16)12-23/h1-6,11,22H,7-10,12H2. The van der Waals surface area contributed by atoms with Crippen LogP contribution in [0.4, 0.5) is 8.78 Å². The van der Waals surface area contributed by atoms with Gasteiger partial charge in [0.1, 0.15) is 24.0 Å². The number of nitrogens with one attached hydrogen (secondary N) is 1. The lowest BCUT2D eigenvalue weighted by Gasteiger charge is -2.26. The molecule has 3 aromatic rings. The largest absolute Gasteiger partial charge is 0.492 e. The van der Waals surface area contributed by atoms with Gasteiger partial charge in [-0.05, 0) is 54.4 Å². The molecule has 5 heteroatoms. The van der Waals surface area contributed by atoms with Crippen molar-refractivity contribution in [3.63, 3.8) is 0 Å². The fourth-order valence-corrected chi connectivity index (χ4v) is 3.28. The monoisotopic (exact) mass is 328 g/mol. The molecule has 0 fully saturated rings. The Morgan fingerprint density at radius 3 is 2.67 bits per heavy atom. The Bertz CT molecular complexity index is 858. The van der Waals surface area contributed by atoms with E-state index in [-0.39, 0.29) is 11.6 Å². The first-order valence-electron chi connectivity index (χ1n) is 8.09. The highest BCUT2D eigenvalue weighted by Gasteiger charge is 2.20. The first kappa shape index (κ1) is 15.1. The van der Waals surface area contributed by atoms with E-state index in [1.54, 1.807) is 24.3 Å². The van der Waals surface area contributed by atoms with Crippen molar-refractivity contribution >= 4 is 10.9 Å². The molecule has 2 heterocycles. The predicted molar refractivity (Wildman–Crippen MR) is 89.1 cm³/mol. The first-order chi connectivity index (χ1) is 11.7. The summed E-state index contributed by atoms with van der Waals surface area (Å²) in [7, 11) is 0. The summed E-state index contributed by atoms with van der Waals surface area (Å²) < 4.78 is 32.0. The highest BCUT2D eigenvalue weighted by atomic mass is 19.1. The summed E-state index contributed by atoms with van der Waals surface area (Å²) >= 11 is 0. The van der Waals surface area contributed by atoms with E-state index in [9.17, 15) is 8.78 Å². The molecule has 0 saturated carbocycles. The summed E-state index contributed by atoms with van der Waals surface area (Å²) in [4.78, 5) is 5.70. The molecule has 1 aliphatic rings. The minimum Gasteiger partial charge on any atom is -0.492 e. The fraction of sp³-hybridized carbons (Fsp3) is 0.263. The highest BCUT2D eigenvalue weighted by molar-refractivity contribution is 5.85. The second-order valence-corrected chi connectivity index (χ2v) is 6.10. The van der Waals surface area contributed by atoms with E-state index >= 15 is 0 Å². The molecule has 24 heavy (non-hydrogen) atoms. The molecule has 4 rings (SSSR count). The number of aromatic nitrogens is 1. The smallest absolute Gasteiger partial charge is 0.123 e. The van der Waals surface area contributed by atoms with Gasteiger partial charge < -0.3 is 9.72 Å². The van der Waals surface area contributed by atoms with Gasteiger partial charge in [-0.25, -0.2) is 8.78 Å². The molecule has 0 aliphatic carbocycles. The van der Waals surface area contributed by atoms with Crippen molar-refractivity contribution in [2.75, 3.05) is 19.7 Å². The number of nitrogens with zero attached hydrogens (tertiary/aromatic N) is 1. The number of aromatic amines is 1. The maximum absolute atomic E-state index is 13.4. The minimum absolute atomic E-state index is 0.195. The van der Waals surface area contributed by atoms with Crippen molar-refractivity contribution in [3.05, 3.63) is 65.4 Å². The van der Waals surface area contributed by atoms with Crippen LogP contribution in [0.15, 0.2) is 42.5 Å². The van der Waals surface area contributed by atoms with E-state index in [0.717, 1.165) is 42.7 Å². The maximum atomic E-state index is 13.4. The number of benzene rings is 2. The zero-order chi connectivity index (χ0) is 16.5. The zero-order valence-electron chi connectivity index (χ0n) is 13.2. The van der Waals surface area contributed by atoms with Crippen LogP contribution in [0, 0.1) is 11.6 Å². The van der Waals surface area contributed by atoms with Gasteiger partial charge in [0.15, 0.2) is 0 Å². The van der Waals surface area contributed by atoms with Crippen LogP contribution in [0.25, 0.3) is 10.9 Å². The molecule has 0 unspecified atom stereocenters. The Labute approximate surface area is 138 Å². The summed E-state index contributed by atoms with van der Waals surface area (Å²) in [5, 5.41) is 0.993. The molecule has 1 aliphatic heterocycles. The van der Waals surface area contributed by atoms with Crippen molar-refractivity contribution in [3.8, 4) is 5.75 Å². The van der Waals surface area contributed by atoms with Crippen LogP contribution >= 0.6 is 0 Å². The summed E-state index contributed by atoms with van der Waals surface area (Å²) in [5.41, 5.74) is 3.37. The molecule has 0 spiro atoms. The zero-order valence-corrected chi connectivity index (χ0v) is 13.2. The molecule has 2 aromatic carbocycles. The number of halogens is 2. The van der Waals surface area contributed by atoms with Crippen molar-refractivity contribution in [1.82, 2.24) is 9.88 Å². The fourth-order valence-electron chi connectivity index (χ4n) is 3.28. The van der Waals surface area contributed by atoms with Crippen LogP contribution in [0.1, 0.15) is 11.3 Å². The number of fused-ring (bicyclic) bond motifs is 3. The second kappa shape index (κ2) is 6.24. The van der Waals surface area contributed by atoms with Gasteiger partial charge in [0.05, 0.1) is 0 Å². The number of rotatable bonds is 4. The molecule has 0 amide bonds. The molecular weight excluding hydrogens is 310 g/mol. The van der Waals surface area contributed by atoms with Crippen molar-refractivity contribution < 1.29 is 13.5 Å². The highest BCUT2D eigenvalue weighted by Crippen LogP contribution is 2.28. The Hall–Kier alpha value is -2.40. The molecule has 1 aromatic heterocycles. The van der Waals surface area contributed by atoms with Gasteiger partial charge in [-0.3, -0.25) is 4.90 Å². The average molecular weight is 328 g/mol. The first-order valence-corrected chi connectivity index (χ1v) is 8.09. The summed E-state index contributed by atoms with van der Waals surface area (Å²) in [6.07, 6.45) is 0.898. The number of H-pyrrole nitrogens is 1. The van der Waals surface area contributed by atoms with Gasteiger partial charge in [0.25, 0.3) is 0 Å². The third kappa shape index (κ3) is 2.99. The Kier molecular flexibility index (Phi) is 3.94. The van der Waals surface area contributed by atoms with Crippen LogP contribution < -0.4 is 4.74 Å².